The zero-order chi connectivity index (χ0) is 13.4. The van der Waals surface area contributed by atoms with Crippen molar-refractivity contribution in [3.8, 4) is 0 Å². The molecule has 0 unspecified atom stereocenters. The van der Waals surface area contributed by atoms with Crippen LogP contribution < -0.4 is 0 Å². The molecule has 5 heteroatoms. The van der Waals surface area contributed by atoms with Crippen LogP contribution in [0.3, 0.4) is 0 Å². The number of carbonyl (C=O) groups excluding carboxylic acids is 1. The second kappa shape index (κ2) is 4.42. The summed E-state index contributed by atoms with van der Waals surface area (Å²) in [7, 11) is 0. The second-order valence-electron chi connectivity index (χ2n) is 4.77. The number of carboxylic acid groups (broad SMARTS) is 1. The predicted molar refractivity (Wildman–Crippen MR) is 70.0 cm³/mol. The molecular formula is C14H14N2O3. The number of carboxylic acids is 1. The number of hydrogen-bond acceptors (Lipinski definition) is 2. The molecule has 98 valence electrons. The third-order valence-electron chi connectivity index (χ3n) is 3.60. The summed E-state index contributed by atoms with van der Waals surface area (Å²) >= 11 is 0. The van der Waals surface area contributed by atoms with Crippen LogP contribution in [0, 0.1) is 0 Å². The van der Waals surface area contributed by atoms with Gasteiger partial charge < -0.3 is 15.0 Å². The summed E-state index contributed by atoms with van der Waals surface area (Å²) in [6.07, 6.45) is 3.09. The molecule has 2 aromatic rings. The van der Waals surface area contributed by atoms with E-state index >= 15 is 0 Å². The van der Waals surface area contributed by atoms with Crippen molar-refractivity contribution in [2.45, 2.75) is 18.9 Å². The molecule has 1 saturated heterocycles. The molecule has 0 bridgehead atoms. The standard InChI is InChI=1S/C14H14N2O3/c17-13(16-7-1-2-12(16)14(18)19)10-3-4-11-9(8-10)5-6-15-11/h3-6,8,12,15H,1-2,7H2,(H,18,19)/t12-/m1/s1. The molecule has 19 heavy (non-hydrogen) atoms. The van der Waals surface area contributed by atoms with E-state index < -0.39 is 12.0 Å². The Balaban J connectivity index is 1.92. The van der Waals surface area contributed by atoms with Crippen molar-refractivity contribution in [3.05, 3.63) is 36.0 Å². The fourth-order valence-corrected chi connectivity index (χ4v) is 2.62. The van der Waals surface area contributed by atoms with Crippen molar-refractivity contribution in [2.24, 2.45) is 0 Å². The van der Waals surface area contributed by atoms with Crippen molar-refractivity contribution in [2.75, 3.05) is 6.54 Å². The van der Waals surface area contributed by atoms with E-state index in [0.717, 1.165) is 17.3 Å². The highest BCUT2D eigenvalue weighted by molar-refractivity contribution is 6.00. The molecule has 1 aromatic carbocycles. The van der Waals surface area contributed by atoms with Gasteiger partial charge in [0.05, 0.1) is 0 Å². The maximum absolute atomic E-state index is 12.4. The van der Waals surface area contributed by atoms with Crippen LogP contribution >= 0.6 is 0 Å². The number of likely N-dealkylation sites (tertiary alicyclic amines) is 1. The first kappa shape index (κ1) is 11.8. The van der Waals surface area contributed by atoms with Crippen LogP contribution in [0.4, 0.5) is 0 Å². The molecule has 5 nitrogen and oxygen atoms in total. The SMILES string of the molecule is O=C(O)[C@H]1CCCN1C(=O)c1ccc2[nH]ccc2c1. The van der Waals surface area contributed by atoms with Crippen LogP contribution in [0.15, 0.2) is 30.5 Å². The van der Waals surface area contributed by atoms with E-state index in [0.29, 0.717) is 18.5 Å². The zero-order valence-corrected chi connectivity index (χ0v) is 10.3. The molecule has 0 aliphatic carbocycles. The summed E-state index contributed by atoms with van der Waals surface area (Å²) in [5, 5.41) is 10.1. The minimum Gasteiger partial charge on any atom is -0.480 e. The zero-order valence-electron chi connectivity index (χ0n) is 10.3. The minimum absolute atomic E-state index is 0.201. The number of fused-ring (bicyclic) bond motifs is 1. The van der Waals surface area contributed by atoms with E-state index in [4.69, 9.17) is 5.11 Å². The number of H-pyrrole nitrogens is 1. The van der Waals surface area contributed by atoms with Crippen molar-refractivity contribution >= 4 is 22.8 Å². The Morgan fingerprint density at radius 2 is 2.16 bits per heavy atom. The third kappa shape index (κ3) is 1.97. The number of hydrogen-bond donors (Lipinski definition) is 2. The van der Waals surface area contributed by atoms with Gasteiger partial charge in [-0.3, -0.25) is 4.79 Å². The molecule has 2 heterocycles. The number of nitrogens with one attached hydrogen (secondary N) is 1. The molecule has 0 radical (unpaired) electrons. The molecule has 3 rings (SSSR count). The molecule has 1 aliphatic heterocycles. The summed E-state index contributed by atoms with van der Waals surface area (Å²) < 4.78 is 0. The van der Waals surface area contributed by atoms with E-state index in [1.165, 1.54) is 4.90 Å². The predicted octanol–water partition coefficient (Wildman–Crippen LogP) is 1.86. The first-order chi connectivity index (χ1) is 9.16. The Morgan fingerprint density at radius 3 is 2.95 bits per heavy atom. The number of carbonyl (C=O) groups is 2. The lowest BCUT2D eigenvalue weighted by Gasteiger charge is -2.21. The van der Waals surface area contributed by atoms with Gasteiger partial charge in [-0.15, -0.1) is 0 Å². The monoisotopic (exact) mass is 258 g/mol. The minimum atomic E-state index is -0.923. The fourth-order valence-electron chi connectivity index (χ4n) is 2.62. The number of aromatic amines is 1. The first-order valence-corrected chi connectivity index (χ1v) is 6.28. The van der Waals surface area contributed by atoms with Gasteiger partial charge >= 0.3 is 5.97 Å². The number of aliphatic carboxylic acids is 1. The molecule has 1 amide bonds. The number of nitrogens with zero attached hydrogens (tertiary/aromatic N) is 1. The van der Waals surface area contributed by atoms with E-state index in [9.17, 15) is 9.59 Å². The highest BCUT2D eigenvalue weighted by Gasteiger charge is 2.34. The topological polar surface area (TPSA) is 73.4 Å². The highest BCUT2D eigenvalue weighted by atomic mass is 16.4. The van der Waals surface area contributed by atoms with Crippen LogP contribution in [0.5, 0.6) is 0 Å². The lowest BCUT2D eigenvalue weighted by atomic mass is 10.1. The Labute approximate surface area is 109 Å². The maximum Gasteiger partial charge on any atom is 0.326 e. The molecule has 0 spiro atoms. The van der Waals surface area contributed by atoms with Gasteiger partial charge in [-0.2, -0.15) is 0 Å². The lowest BCUT2D eigenvalue weighted by Crippen LogP contribution is -2.40. The maximum atomic E-state index is 12.4. The summed E-state index contributed by atoms with van der Waals surface area (Å²) in [5.74, 6) is -1.12. The Kier molecular flexibility index (Phi) is 2.74. The van der Waals surface area contributed by atoms with E-state index in [1.54, 1.807) is 12.1 Å². The van der Waals surface area contributed by atoms with Gasteiger partial charge in [0.1, 0.15) is 6.04 Å². The third-order valence-corrected chi connectivity index (χ3v) is 3.60. The van der Waals surface area contributed by atoms with E-state index in [-0.39, 0.29) is 5.91 Å². The molecule has 2 N–H and O–H groups in total. The van der Waals surface area contributed by atoms with Crippen LogP contribution in [0.25, 0.3) is 10.9 Å². The quantitative estimate of drug-likeness (QED) is 0.863. The number of rotatable bonds is 2. The number of amides is 1. The van der Waals surface area contributed by atoms with Gasteiger partial charge in [-0.25, -0.2) is 4.79 Å². The first-order valence-electron chi connectivity index (χ1n) is 6.28. The largest absolute Gasteiger partial charge is 0.480 e. The van der Waals surface area contributed by atoms with Crippen LogP contribution in [-0.2, 0) is 4.79 Å². The molecular weight excluding hydrogens is 244 g/mol. The van der Waals surface area contributed by atoms with Crippen LogP contribution in [0.2, 0.25) is 0 Å². The van der Waals surface area contributed by atoms with Crippen molar-refractivity contribution in [1.29, 1.82) is 0 Å². The van der Waals surface area contributed by atoms with Crippen molar-refractivity contribution in [1.82, 2.24) is 9.88 Å². The van der Waals surface area contributed by atoms with Crippen molar-refractivity contribution < 1.29 is 14.7 Å². The molecule has 1 fully saturated rings. The van der Waals surface area contributed by atoms with E-state index in [1.807, 2.05) is 18.3 Å². The molecule has 1 atom stereocenters. The molecule has 1 aliphatic rings. The smallest absolute Gasteiger partial charge is 0.326 e. The fraction of sp³-hybridized carbons (Fsp3) is 0.286. The summed E-state index contributed by atoms with van der Waals surface area (Å²) in [6, 6.07) is 6.58. The molecule has 0 saturated carbocycles. The summed E-state index contributed by atoms with van der Waals surface area (Å²) in [6.45, 7) is 0.515. The van der Waals surface area contributed by atoms with Crippen LogP contribution in [0.1, 0.15) is 23.2 Å². The Hall–Kier alpha value is -2.30. The average molecular weight is 258 g/mol. The average Bonchev–Trinajstić information content (AvgIpc) is 3.05. The second-order valence-corrected chi connectivity index (χ2v) is 4.77. The Bertz CT molecular complexity index is 647. The van der Waals surface area contributed by atoms with E-state index in [2.05, 4.69) is 4.98 Å². The van der Waals surface area contributed by atoms with Crippen LogP contribution in [-0.4, -0.2) is 39.5 Å². The van der Waals surface area contributed by atoms with Gasteiger partial charge in [0, 0.05) is 29.2 Å². The highest BCUT2D eigenvalue weighted by Crippen LogP contribution is 2.22. The van der Waals surface area contributed by atoms with Gasteiger partial charge in [-0.1, -0.05) is 0 Å². The summed E-state index contributed by atoms with van der Waals surface area (Å²) in [4.78, 5) is 28.0. The van der Waals surface area contributed by atoms with Gasteiger partial charge in [-0.05, 0) is 37.1 Å². The number of benzene rings is 1. The van der Waals surface area contributed by atoms with Gasteiger partial charge in [0.2, 0.25) is 0 Å². The normalized spacial score (nSPS) is 18.9. The van der Waals surface area contributed by atoms with Crippen molar-refractivity contribution in [3.63, 3.8) is 0 Å². The number of aromatic nitrogens is 1. The van der Waals surface area contributed by atoms with Gasteiger partial charge in [0.15, 0.2) is 0 Å². The summed E-state index contributed by atoms with van der Waals surface area (Å²) in [5.41, 5.74) is 1.51. The molecule has 1 aromatic heterocycles. The Morgan fingerprint density at radius 1 is 1.32 bits per heavy atom. The lowest BCUT2D eigenvalue weighted by molar-refractivity contribution is -0.141. The van der Waals surface area contributed by atoms with Gasteiger partial charge in [0.25, 0.3) is 5.91 Å².